The van der Waals surface area contributed by atoms with E-state index >= 15 is 0 Å². The van der Waals surface area contributed by atoms with E-state index < -0.39 is 12.8 Å². The minimum atomic E-state index is -4.21. The molecule has 0 aliphatic carbocycles. The van der Waals surface area contributed by atoms with Gasteiger partial charge in [0.15, 0.2) is 0 Å². The minimum Gasteiger partial charge on any atom is -0.372 e. The van der Waals surface area contributed by atoms with Crippen molar-refractivity contribution in [3.8, 4) is 0 Å². The van der Waals surface area contributed by atoms with E-state index in [1.807, 2.05) is 0 Å². The predicted octanol–water partition coefficient (Wildman–Crippen LogP) is 1.97. The van der Waals surface area contributed by atoms with Crippen LogP contribution in [0.2, 0.25) is 0 Å². The Hall–Kier alpha value is 0.150. The van der Waals surface area contributed by atoms with Crippen molar-refractivity contribution >= 4 is 15.9 Å². The second-order valence-electron chi connectivity index (χ2n) is 4.39. The van der Waals surface area contributed by atoms with Gasteiger partial charge in [-0.2, -0.15) is 13.2 Å². The molecule has 108 valence electrons. The molecule has 0 amide bonds. The maximum absolute atomic E-state index is 11.8. The Morgan fingerprint density at radius 1 is 1.00 bits per heavy atom. The van der Waals surface area contributed by atoms with Gasteiger partial charge in [0.25, 0.3) is 0 Å². The Balaban J connectivity index is 1.98. The van der Waals surface area contributed by atoms with Gasteiger partial charge < -0.3 is 9.64 Å². The summed E-state index contributed by atoms with van der Waals surface area (Å²) in [5.74, 6) is 0. The first-order chi connectivity index (χ1) is 8.51. The van der Waals surface area contributed by atoms with Crippen LogP contribution in [-0.4, -0.2) is 73.8 Å². The lowest BCUT2D eigenvalue weighted by atomic mass is 10.3. The van der Waals surface area contributed by atoms with Gasteiger partial charge in [-0.25, -0.2) is 0 Å². The summed E-state index contributed by atoms with van der Waals surface area (Å²) < 4.78 is 40.0. The van der Waals surface area contributed by atoms with Crippen molar-refractivity contribution in [3.05, 3.63) is 0 Å². The second-order valence-corrected chi connectivity index (χ2v) is 5.19. The number of nitrogens with zero attached hydrogens (tertiary/aromatic N) is 2. The SMILES string of the molecule is FC(F)(F)COCCCN1CCN(CCBr)CC1. The molecule has 0 N–H and O–H groups in total. The molecule has 0 saturated carbocycles. The van der Waals surface area contributed by atoms with E-state index in [4.69, 9.17) is 0 Å². The number of ether oxygens (including phenoxy) is 1. The standard InChI is InChI=1S/C11H20BrF3N2O/c12-2-4-17-7-5-16(6-8-17)3-1-9-18-10-11(13,14)15/h1-10H2. The van der Waals surface area contributed by atoms with Crippen LogP contribution in [0, 0.1) is 0 Å². The molecular formula is C11H20BrF3N2O. The van der Waals surface area contributed by atoms with Crippen LogP contribution in [0.3, 0.4) is 0 Å². The third-order valence-electron chi connectivity index (χ3n) is 2.89. The van der Waals surface area contributed by atoms with Gasteiger partial charge in [-0.3, -0.25) is 4.90 Å². The van der Waals surface area contributed by atoms with Crippen LogP contribution in [0.5, 0.6) is 0 Å². The fourth-order valence-corrected chi connectivity index (χ4v) is 2.44. The van der Waals surface area contributed by atoms with Gasteiger partial charge in [0.2, 0.25) is 0 Å². The summed E-state index contributed by atoms with van der Waals surface area (Å²) >= 11 is 3.41. The Labute approximate surface area is 114 Å². The van der Waals surface area contributed by atoms with Crippen molar-refractivity contribution in [1.82, 2.24) is 9.80 Å². The third-order valence-corrected chi connectivity index (χ3v) is 3.25. The number of hydrogen-bond acceptors (Lipinski definition) is 3. The van der Waals surface area contributed by atoms with E-state index in [0.29, 0.717) is 6.42 Å². The Morgan fingerprint density at radius 3 is 2.06 bits per heavy atom. The van der Waals surface area contributed by atoms with Crippen LogP contribution in [0.15, 0.2) is 0 Å². The average molecular weight is 333 g/mol. The monoisotopic (exact) mass is 332 g/mol. The van der Waals surface area contributed by atoms with Gasteiger partial charge >= 0.3 is 6.18 Å². The summed E-state index contributed by atoms with van der Waals surface area (Å²) in [6, 6.07) is 0. The van der Waals surface area contributed by atoms with Crippen LogP contribution in [0.25, 0.3) is 0 Å². The Bertz CT molecular complexity index is 221. The molecular weight excluding hydrogens is 313 g/mol. The highest BCUT2D eigenvalue weighted by Gasteiger charge is 2.27. The smallest absolute Gasteiger partial charge is 0.372 e. The number of piperazine rings is 1. The predicted molar refractivity (Wildman–Crippen MR) is 68.2 cm³/mol. The van der Waals surface area contributed by atoms with Crippen LogP contribution >= 0.6 is 15.9 Å². The Morgan fingerprint density at radius 2 is 1.56 bits per heavy atom. The van der Waals surface area contributed by atoms with Crippen molar-refractivity contribution < 1.29 is 17.9 Å². The molecule has 1 saturated heterocycles. The zero-order valence-corrected chi connectivity index (χ0v) is 12.0. The molecule has 0 unspecified atom stereocenters. The van der Waals surface area contributed by atoms with E-state index in [1.165, 1.54) is 0 Å². The first-order valence-corrected chi connectivity index (χ1v) is 7.28. The van der Waals surface area contributed by atoms with Crippen LogP contribution in [0.1, 0.15) is 6.42 Å². The normalized spacial score (nSPS) is 19.3. The number of halogens is 4. The molecule has 0 aromatic carbocycles. The molecule has 18 heavy (non-hydrogen) atoms. The minimum absolute atomic E-state index is 0.182. The second kappa shape index (κ2) is 8.35. The molecule has 7 heteroatoms. The van der Waals surface area contributed by atoms with Crippen LogP contribution in [-0.2, 0) is 4.74 Å². The van der Waals surface area contributed by atoms with Gasteiger partial charge in [0.05, 0.1) is 0 Å². The summed E-state index contributed by atoms with van der Waals surface area (Å²) in [7, 11) is 0. The van der Waals surface area contributed by atoms with Gasteiger partial charge in [0.1, 0.15) is 6.61 Å². The molecule has 1 heterocycles. The summed E-state index contributed by atoms with van der Waals surface area (Å²) in [4.78, 5) is 4.66. The molecule has 0 aromatic heterocycles. The number of rotatable bonds is 7. The maximum atomic E-state index is 11.8. The van der Waals surface area contributed by atoms with Crippen molar-refractivity contribution in [2.24, 2.45) is 0 Å². The van der Waals surface area contributed by atoms with E-state index in [-0.39, 0.29) is 6.61 Å². The molecule has 0 radical (unpaired) electrons. The maximum Gasteiger partial charge on any atom is 0.411 e. The lowest BCUT2D eigenvalue weighted by Crippen LogP contribution is -2.47. The van der Waals surface area contributed by atoms with Crippen molar-refractivity contribution in [1.29, 1.82) is 0 Å². The molecule has 0 atom stereocenters. The summed E-state index contributed by atoms with van der Waals surface area (Å²) in [5.41, 5.74) is 0. The van der Waals surface area contributed by atoms with E-state index in [0.717, 1.165) is 44.6 Å². The topological polar surface area (TPSA) is 15.7 Å². The van der Waals surface area contributed by atoms with Crippen molar-refractivity contribution in [3.63, 3.8) is 0 Å². The molecule has 0 spiro atoms. The number of hydrogen-bond donors (Lipinski definition) is 0. The highest BCUT2D eigenvalue weighted by molar-refractivity contribution is 9.09. The van der Waals surface area contributed by atoms with E-state index in [1.54, 1.807) is 0 Å². The molecule has 1 fully saturated rings. The van der Waals surface area contributed by atoms with Crippen molar-refractivity contribution in [2.45, 2.75) is 12.6 Å². The van der Waals surface area contributed by atoms with E-state index in [9.17, 15) is 13.2 Å². The average Bonchev–Trinajstić information content (AvgIpc) is 2.30. The summed E-state index contributed by atoms with van der Waals surface area (Å²) in [5, 5.41) is 0.984. The third kappa shape index (κ3) is 7.56. The van der Waals surface area contributed by atoms with Gasteiger partial charge in [0, 0.05) is 51.2 Å². The zero-order valence-electron chi connectivity index (χ0n) is 10.4. The zero-order chi connectivity index (χ0) is 13.4. The number of alkyl halides is 4. The summed E-state index contributed by atoms with van der Waals surface area (Å²) in [6.45, 7) is 4.98. The molecule has 3 nitrogen and oxygen atoms in total. The highest BCUT2D eigenvalue weighted by Crippen LogP contribution is 2.14. The fourth-order valence-electron chi connectivity index (χ4n) is 1.93. The van der Waals surface area contributed by atoms with Crippen LogP contribution in [0.4, 0.5) is 13.2 Å². The quantitative estimate of drug-likeness (QED) is 0.523. The van der Waals surface area contributed by atoms with Gasteiger partial charge in [-0.05, 0) is 6.42 Å². The lowest BCUT2D eigenvalue weighted by molar-refractivity contribution is -0.174. The molecule has 0 bridgehead atoms. The molecule has 0 aromatic rings. The first kappa shape index (κ1) is 16.2. The Kier molecular flexibility index (Phi) is 7.51. The lowest BCUT2D eigenvalue weighted by Gasteiger charge is -2.34. The van der Waals surface area contributed by atoms with Crippen LogP contribution < -0.4 is 0 Å². The van der Waals surface area contributed by atoms with E-state index in [2.05, 4.69) is 30.5 Å². The molecule has 1 rings (SSSR count). The molecule has 1 aliphatic heterocycles. The van der Waals surface area contributed by atoms with Crippen molar-refractivity contribution in [2.75, 3.05) is 57.8 Å². The fraction of sp³-hybridized carbons (Fsp3) is 1.00. The highest BCUT2D eigenvalue weighted by atomic mass is 79.9. The van der Waals surface area contributed by atoms with Gasteiger partial charge in [-0.1, -0.05) is 15.9 Å². The summed E-state index contributed by atoms with van der Waals surface area (Å²) in [6.07, 6.45) is -3.55. The van der Waals surface area contributed by atoms with Gasteiger partial charge in [-0.15, -0.1) is 0 Å². The largest absolute Gasteiger partial charge is 0.411 e. The first-order valence-electron chi connectivity index (χ1n) is 6.16. The molecule has 1 aliphatic rings.